The molecule has 1 N–H and O–H groups in total. The molecule has 4 rings (SSSR count). The van der Waals surface area contributed by atoms with E-state index < -0.39 is 0 Å². The van der Waals surface area contributed by atoms with Crippen molar-refractivity contribution >= 4 is 5.91 Å². The highest BCUT2D eigenvalue weighted by Crippen LogP contribution is 2.14. The molecule has 0 radical (unpaired) electrons. The summed E-state index contributed by atoms with van der Waals surface area (Å²) in [5.74, 6) is 0.713. The van der Waals surface area contributed by atoms with Crippen LogP contribution in [0, 0.1) is 0 Å². The normalized spacial score (nSPS) is 15.8. The third-order valence-corrected chi connectivity index (χ3v) is 5.13. The summed E-state index contributed by atoms with van der Waals surface area (Å²) in [6, 6.07) is 9.73. The number of para-hydroxylation sites is 1. The summed E-state index contributed by atoms with van der Waals surface area (Å²) in [6.45, 7) is 6.22. The van der Waals surface area contributed by atoms with Gasteiger partial charge in [-0.2, -0.15) is 5.10 Å². The number of carbonyl (C=O) groups is 1. The number of hydrogen-bond acceptors (Lipinski definition) is 7. The van der Waals surface area contributed by atoms with Gasteiger partial charge in [-0.25, -0.2) is 9.36 Å². The molecule has 3 heterocycles. The maximum atomic E-state index is 12.5. The fourth-order valence-electron chi connectivity index (χ4n) is 3.36. The second-order valence-electron chi connectivity index (χ2n) is 7.30. The molecule has 2 aromatic heterocycles. The second kappa shape index (κ2) is 9.59. The van der Waals surface area contributed by atoms with Gasteiger partial charge >= 0.3 is 0 Å². The van der Waals surface area contributed by atoms with Gasteiger partial charge in [-0.15, -0.1) is 5.10 Å². The van der Waals surface area contributed by atoms with E-state index in [1.807, 2.05) is 43.5 Å². The Morgan fingerprint density at radius 3 is 2.83 bits per heavy atom. The lowest BCUT2D eigenvalue weighted by molar-refractivity contribution is -0.122. The molecule has 1 fully saturated rings. The van der Waals surface area contributed by atoms with E-state index in [-0.39, 0.29) is 11.9 Å². The molecule has 1 aliphatic rings. The van der Waals surface area contributed by atoms with Gasteiger partial charge in [0.15, 0.2) is 5.82 Å². The number of rotatable bonds is 8. The quantitative estimate of drug-likeness (QED) is 0.590. The molecule has 0 unspecified atom stereocenters. The third kappa shape index (κ3) is 5.08. The second-order valence-corrected chi connectivity index (χ2v) is 7.30. The van der Waals surface area contributed by atoms with Gasteiger partial charge in [0.2, 0.25) is 5.91 Å². The highest BCUT2D eigenvalue weighted by atomic mass is 16.5. The Morgan fingerprint density at radius 1 is 1.23 bits per heavy atom. The van der Waals surface area contributed by atoms with Crippen molar-refractivity contribution in [3.63, 3.8) is 0 Å². The van der Waals surface area contributed by atoms with E-state index in [1.54, 1.807) is 15.6 Å². The fraction of sp³-hybridized carbons (Fsp3) is 0.450. The molecule has 1 aliphatic heterocycles. The van der Waals surface area contributed by atoms with Crippen LogP contribution >= 0.6 is 0 Å². The van der Waals surface area contributed by atoms with Crippen LogP contribution in [0.1, 0.15) is 30.8 Å². The van der Waals surface area contributed by atoms with Crippen molar-refractivity contribution < 1.29 is 9.53 Å². The van der Waals surface area contributed by atoms with Crippen molar-refractivity contribution in [1.82, 2.24) is 40.2 Å². The van der Waals surface area contributed by atoms with Crippen molar-refractivity contribution in [2.75, 3.05) is 26.3 Å². The number of nitrogens with zero attached hydrogens (tertiary/aromatic N) is 7. The number of carbonyl (C=O) groups excluding carboxylic acids is 1. The van der Waals surface area contributed by atoms with Gasteiger partial charge in [0, 0.05) is 31.3 Å². The van der Waals surface area contributed by atoms with Crippen LogP contribution < -0.4 is 5.32 Å². The average Bonchev–Trinajstić information content (AvgIpc) is 3.44. The van der Waals surface area contributed by atoms with Crippen LogP contribution in [0.15, 0.2) is 42.7 Å². The van der Waals surface area contributed by atoms with E-state index in [4.69, 9.17) is 4.74 Å². The van der Waals surface area contributed by atoms with E-state index in [1.165, 1.54) is 0 Å². The summed E-state index contributed by atoms with van der Waals surface area (Å²) >= 11 is 0. The fourth-order valence-corrected chi connectivity index (χ4v) is 3.36. The first-order chi connectivity index (χ1) is 14.7. The van der Waals surface area contributed by atoms with E-state index in [2.05, 4.69) is 30.8 Å². The lowest BCUT2D eigenvalue weighted by Gasteiger charge is -2.25. The van der Waals surface area contributed by atoms with Gasteiger partial charge in [-0.1, -0.05) is 18.2 Å². The van der Waals surface area contributed by atoms with Crippen molar-refractivity contribution in [3.8, 4) is 5.69 Å². The average molecular weight is 410 g/mol. The highest BCUT2D eigenvalue weighted by Gasteiger charge is 2.17. The highest BCUT2D eigenvalue weighted by molar-refractivity contribution is 5.76. The Hall–Kier alpha value is -3.11. The summed E-state index contributed by atoms with van der Waals surface area (Å²) in [5.41, 5.74) is 1.93. The van der Waals surface area contributed by atoms with Crippen LogP contribution in [0.3, 0.4) is 0 Å². The Balaban J connectivity index is 1.28. The smallest absolute Gasteiger partial charge is 0.222 e. The minimum absolute atomic E-state index is 0.0530. The van der Waals surface area contributed by atoms with Gasteiger partial charge in [0.1, 0.15) is 0 Å². The zero-order chi connectivity index (χ0) is 20.8. The zero-order valence-corrected chi connectivity index (χ0v) is 17.0. The molecule has 3 aromatic rings. The SMILES string of the molecule is C[C@H](NC(=O)CCn1nnnc1CN1CCOCC1)c1cnn(-c2ccccc2)c1. The van der Waals surface area contributed by atoms with Crippen molar-refractivity contribution in [3.05, 3.63) is 54.1 Å². The number of morpholine rings is 1. The lowest BCUT2D eigenvalue weighted by atomic mass is 10.2. The molecule has 0 aliphatic carbocycles. The Labute approximate surface area is 174 Å². The minimum atomic E-state index is -0.142. The molecule has 158 valence electrons. The van der Waals surface area contributed by atoms with Crippen LogP contribution in [0.4, 0.5) is 0 Å². The molecule has 1 saturated heterocycles. The molecule has 10 heteroatoms. The molecule has 1 atom stereocenters. The first-order valence-electron chi connectivity index (χ1n) is 10.1. The molecule has 0 spiro atoms. The maximum Gasteiger partial charge on any atom is 0.222 e. The molecule has 10 nitrogen and oxygen atoms in total. The lowest BCUT2D eigenvalue weighted by Crippen LogP contribution is -2.36. The van der Waals surface area contributed by atoms with E-state index >= 15 is 0 Å². The van der Waals surface area contributed by atoms with Crippen molar-refractivity contribution in [1.29, 1.82) is 0 Å². The Kier molecular flexibility index (Phi) is 6.45. The number of benzene rings is 1. The van der Waals surface area contributed by atoms with Crippen LogP contribution in [0.25, 0.3) is 5.69 Å². The molecule has 1 aromatic carbocycles. The largest absolute Gasteiger partial charge is 0.379 e. The van der Waals surface area contributed by atoms with Crippen LogP contribution in [-0.2, 0) is 22.6 Å². The van der Waals surface area contributed by atoms with Crippen molar-refractivity contribution in [2.24, 2.45) is 0 Å². The molecule has 0 bridgehead atoms. The summed E-state index contributed by atoms with van der Waals surface area (Å²) in [4.78, 5) is 14.7. The molecular weight excluding hydrogens is 384 g/mol. The first-order valence-corrected chi connectivity index (χ1v) is 10.1. The summed E-state index contributed by atoms with van der Waals surface area (Å²) in [7, 11) is 0. The predicted octanol–water partition coefficient (Wildman–Crippen LogP) is 0.959. The van der Waals surface area contributed by atoms with Gasteiger partial charge in [-0.05, 0) is 29.5 Å². The minimum Gasteiger partial charge on any atom is -0.379 e. The van der Waals surface area contributed by atoms with Crippen LogP contribution in [0.2, 0.25) is 0 Å². The maximum absolute atomic E-state index is 12.5. The van der Waals surface area contributed by atoms with Crippen molar-refractivity contribution in [2.45, 2.75) is 32.5 Å². The number of ether oxygens (including phenoxy) is 1. The number of amides is 1. The summed E-state index contributed by atoms with van der Waals surface area (Å²) in [5, 5.41) is 19.3. The van der Waals surface area contributed by atoms with Crippen LogP contribution in [0.5, 0.6) is 0 Å². The van der Waals surface area contributed by atoms with Gasteiger partial charge in [-0.3, -0.25) is 9.69 Å². The summed E-state index contributed by atoms with van der Waals surface area (Å²) < 4.78 is 8.87. The first kappa shape index (κ1) is 20.2. The standard InChI is InChI=1S/C20H26N8O2/c1-16(17-13-21-28(14-17)18-5-3-2-4-6-18)22-20(29)7-8-27-19(23-24-25-27)15-26-9-11-30-12-10-26/h2-6,13-14,16H,7-12,15H2,1H3,(H,22,29)/t16-/m0/s1. The van der Waals surface area contributed by atoms with Gasteiger partial charge in [0.05, 0.1) is 44.2 Å². The number of aryl methyl sites for hydroxylation is 1. The zero-order valence-electron chi connectivity index (χ0n) is 17.0. The monoisotopic (exact) mass is 410 g/mol. The molecule has 30 heavy (non-hydrogen) atoms. The Bertz CT molecular complexity index is 949. The van der Waals surface area contributed by atoms with Gasteiger partial charge in [0.25, 0.3) is 0 Å². The number of hydrogen-bond donors (Lipinski definition) is 1. The number of tetrazole rings is 1. The van der Waals surface area contributed by atoms with E-state index in [0.717, 1.165) is 43.4 Å². The number of nitrogens with one attached hydrogen (secondary N) is 1. The van der Waals surface area contributed by atoms with E-state index in [9.17, 15) is 4.79 Å². The van der Waals surface area contributed by atoms with Crippen LogP contribution in [-0.4, -0.2) is 67.1 Å². The summed E-state index contributed by atoms with van der Waals surface area (Å²) in [6.07, 6.45) is 4.01. The number of aromatic nitrogens is 6. The van der Waals surface area contributed by atoms with Gasteiger partial charge < -0.3 is 10.1 Å². The molecule has 1 amide bonds. The Morgan fingerprint density at radius 2 is 2.03 bits per heavy atom. The molecular formula is C20H26N8O2. The molecule has 0 saturated carbocycles. The predicted molar refractivity (Wildman–Crippen MR) is 109 cm³/mol. The van der Waals surface area contributed by atoms with E-state index in [0.29, 0.717) is 19.5 Å². The topological polar surface area (TPSA) is 103 Å². The third-order valence-electron chi connectivity index (χ3n) is 5.13.